The van der Waals surface area contributed by atoms with E-state index >= 15 is 0 Å². The second-order valence-electron chi connectivity index (χ2n) is 5.40. The Morgan fingerprint density at radius 3 is 2.21 bits per heavy atom. The maximum absolute atomic E-state index is 13.5. The Morgan fingerprint density at radius 2 is 1.67 bits per heavy atom. The molecule has 0 saturated heterocycles. The molecule has 0 bridgehead atoms. The molecule has 0 spiro atoms. The number of carbonyl (C=O) groups excluding carboxylic acids is 3. The zero-order valence-corrected chi connectivity index (χ0v) is 13.6. The molecule has 0 radical (unpaired) electrons. The van der Waals surface area contributed by atoms with E-state index in [0.29, 0.717) is 0 Å². The normalized spacial score (nSPS) is 12.9. The van der Waals surface area contributed by atoms with E-state index < -0.39 is 35.8 Å². The topological polar surface area (TPSA) is 123 Å². The summed E-state index contributed by atoms with van der Waals surface area (Å²) in [5.74, 6) is -2.27. The molecule has 4 amide bonds. The van der Waals surface area contributed by atoms with Crippen LogP contribution in [0.1, 0.15) is 20.8 Å². The van der Waals surface area contributed by atoms with E-state index in [4.69, 9.17) is 10.5 Å². The van der Waals surface area contributed by atoms with E-state index in [1.54, 1.807) is 19.9 Å². The van der Waals surface area contributed by atoms with Gasteiger partial charge >= 0.3 is 6.03 Å². The number of halogens is 1. The van der Waals surface area contributed by atoms with E-state index in [2.05, 4.69) is 16.2 Å². The second kappa shape index (κ2) is 8.70. The predicted octanol–water partition coefficient (Wildman–Crippen LogP) is 0.433. The number of rotatable bonds is 6. The smallest absolute Gasteiger partial charge is 0.312 e. The number of nitrogens with two attached hydrogens (primary N) is 1. The molecule has 9 heteroatoms. The number of hydrazine groups is 1. The average molecular weight is 340 g/mol. The van der Waals surface area contributed by atoms with Gasteiger partial charge in [0.1, 0.15) is 6.04 Å². The number of hydrogen-bond donors (Lipinski definition) is 4. The lowest BCUT2D eigenvalue weighted by Crippen LogP contribution is -2.56. The van der Waals surface area contributed by atoms with Gasteiger partial charge in [-0.05, 0) is 25.0 Å². The Balaban J connectivity index is 2.56. The number of carbonyl (C=O) groups is 3. The SMILES string of the molecule is CC(C)[C@H](NC(N)=O)C(=O)NNC(=O)[C@H](C)Oc1ccccc1F. The van der Waals surface area contributed by atoms with Crippen LogP contribution < -0.4 is 26.6 Å². The van der Waals surface area contributed by atoms with Crippen LogP contribution in [0.4, 0.5) is 9.18 Å². The van der Waals surface area contributed by atoms with Gasteiger partial charge in [-0.15, -0.1) is 0 Å². The Morgan fingerprint density at radius 1 is 1.08 bits per heavy atom. The summed E-state index contributed by atoms with van der Waals surface area (Å²) < 4.78 is 18.6. The fourth-order valence-corrected chi connectivity index (χ4v) is 1.78. The van der Waals surface area contributed by atoms with Crippen LogP contribution in [0, 0.1) is 11.7 Å². The summed E-state index contributed by atoms with van der Waals surface area (Å²) in [6.07, 6.45) is -1.05. The number of amides is 4. The molecular weight excluding hydrogens is 319 g/mol. The molecule has 1 aromatic rings. The van der Waals surface area contributed by atoms with Crippen LogP contribution in [0.2, 0.25) is 0 Å². The number of urea groups is 1. The predicted molar refractivity (Wildman–Crippen MR) is 84.1 cm³/mol. The molecule has 1 rings (SSSR count). The van der Waals surface area contributed by atoms with E-state index in [-0.39, 0.29) is 11.7 Å². The molecule has 0 aliphatic rings. The highest BCUT2D eigenvalue weighted by molar-refractivity contribution is 5.89. The van der Waals surface area contributed by atoms with Gasteiger partial charge < -0.3 is 15.8 Å². The van der Waals surface area contributed by atoms with Gasteiger partial charge in [-0.25, -0.2) is 9.18 Å². The molecule has 1 aromatic carbocycles. The van der Waals surface area contributed by atoms with Crippen LogP contribution in [0.3, 0.4) is 0 Å². The molecule has 2 atom stereocenters. The number of primary amides is 1. The van der Waals surface area contributed by atoms with Gasteiger partial charge in [0.2, 0.25) is 0 Å². The van der Waals surface area contributed by atoms with Crippen molar-refractivity contribution in [1.29, 1.82) is 0 Å². The molecular formula is C15H21FN4O4. The molecule has 24 heavy (non-hydrogen) atoms. The highest BCUT2D eigenvalue weighted by Gasteiger charge is 2.24. The van der Waals surface area contributed by atoms with Crippen LogP contribution in [-0.4, -0.2) is 30.0 Å². The molecule has 0 heterocycles. The molecule has 8 nitrogen and oxygen atoms in total. The standard InChI is InChI=1S/C15H21FN4O4/c1-8(2)12(18-15(17)23)14(22)20-19-13(21)9(3)24-11-7-5-4-6-10(11)16/h4-9,12H,1-3H3,(H,19,21)(H,20,22)(H3,17,18,23)/t9-,12-/m0/s1. The van der Waals surface area contributed by atoms with Crippen molar-refractivity contribution in [2.45, 2.75) is 32.9 Å². The summed E-state index contributed by atoms with van der Waals surface area (Å²) >= 11 is 0. The average Bonchev–Trinajstić information content (AvgIpc) is 2.51. The Hall–Kier alpha value is -2.84. The monoisotopic (exact) mass is 340 g/mol. The van der Waals surface area contributed by atoms with Gasteiger partial charge in [-0.3, -0.25) is 20.4 Å². The third kappa shape index (κ3) is 5.75. The van der Waals surface area contributed by atoms with Crippen molar-refractivity contribution in [2.24, 2.45) is 11.7 Å². The van der Waals surface area contributed by atoms with Crippen molar-refractivity contribution in [3.8, 4) is 5.75 Å². The van der Waals surface area contributed by atoms with Crippen molar-refractivity contribution >= 4 is 17.8 Å². The Bertz CT molecular complexity index is 609. The van der Waals surface area contributed by atoms with E-state index in [0.717, 1.165) is 0 Å². The molecule has 5 N–H and O–H groups in total. The summed E-state index contributed by atoms with van der Waals surface area (Å²) in [5, 5.41) is 2.27. The summed E-state index contributed by atoms with van der Waals surface area (Å²) in [4.78, 5) is 34.7. The molecule has 0 aliphatic carbocycles. The minimum absolute atomic E-state index is 0.0815. The minimum Gasteiger partial charge on any atom is -0.478 e. The van der Waals surface area contributed by atoms with Crippen molar-refractivity contribution in [3.05, 3.63) is 30.1 Å². The summed E-state index contributed by atoms with van der Waals surface area (Å²) in [5.41, 5.74) is 9.32. The molecule has 0 saturated carbocycles. The van der Waals surface area contributed by atoms with Crippen LogP contribution in [-0.2, 0) is 9.59 Å². The third-order valence-electron chi connectivity index (χ3n) is 3.07. The number of para-hydroxylation sites is 1. The molecule has 0 aromatic heterocycles. The maximum Gasteiger partial charge on any atom is 0.312 e. The van der Waals surface area contributed by atoms with Crippen molar-refractivity contribution < 1.29 is 23.5 Å². The van der Waals surface area contributed by atoms with Gasteiger partial charge in [-0.2, -0.15) is 0 Å². The van der Waals surface area contributed by atoms with E-state index in [1.165, 1.54) is 25.1 Å². The van der Waals surface area contributed by atoms with E-state index in [1.807, 2.05) is 0 Å². The molecule has 0 aliphatic heterocycles. The van der Waals surface area contributed by atoms with Crippen LogP contribution >= 0.6 is 0 Å². The van der Waals surface area contributed by atoms with Crippen molar-refractivity contribution in [1.82, 2.24) is 16.2 Å². The van der Waals surface area contributed by atoms with Gasteiger partial charge in [0.05, 0.1) is 0 Å². The first-order valence-corrected chi connectivity index (χ1v) is 7.29. The number of hydrogen-bond acceptors (Lipinski definition) is 4. The van der Waals surface area contributed by atoms with Gasteiger partial charge in [0.25, 0.3) is 11.8 Å². The first kappa shape index (κ1) is 19.2. The van der Waals surface area contributed by atoms with Crippen LogP contribution in [0.15, 0.2) is 24.3 Å². The number of ether oxygens (including phenoxy) is 1. The number of nitrogens with one attached hydrogen (secondary N) is 3. The third-order valence-corrected chi connectivity index (χ3v) is 3.07. The lowest BCUT2D eigenvalue weighted by atomic mass is 10.0. The summed E-state index contributed by atoms with van der Waals surface area (Å²) in [6, 6.07) is 3.86. The minimum atomic E-state index is -1.05. The van der Waals surface area contributed by atoms with Gasteiger partial charge in [0.15, 0.2) is 17.7 Å². The maximum atomic E-state index is 13.5. The fourth-order valence-electron chi connectivity index (χ4n) is 1.78. The quantitative estimate of drug-likeness (QED) is 0.561. The first-order chi connectivity index (χ1) is 11.2. The molecule has 0 fully saturated rings. The highest BCUT2D eigenvalue weighted by atomic mass is 19.1. The summed E-state index contributed by atoms with van der Waals surface area (Å²) in [6.45, 7) is 4.80. The largest absolute Gasteiger partial charge is 0.478 e. The molecule has 0 unspecified atom stereocenters. The van der Waals surface area contributed by atoms with Crippen molar-refractivity contribution in [3.63, 3.8) is 0 Å². The van der Waals surface area contributed by atoms with Crippen molar-refractivity contribution in [2.75, 3.05) is 0 Å². The lowest BCUT2D eigenvalue weighted by molar-refractivity contribution is -0.133. The van der Waals surface area contributed by atoms with Gasteiger partial charge in [-0.1, -0.05) is 26.0 Å². The second-order valence-corrected chi connectivity index (χ2v) is 5.40. The van der Waals surface area contributed by atoms with Gasteiger partial charge in [0, 0.05) is 0 Å². The zero-order valence-electron chi connectivity index (χ0n) is 13.6. The fraction of sp³-hybridized carbons (Fsp3) is 0.400. The Kier molecular flexibility index (Phi) is 6.97. The highest BCUT2D eigenvalue weighted by Crippen LogP contribution is 2.16. The molecule has 132 valence electrons. The van der Waals surface area contributed by atoms with Crippen LogP contribution in [0.5, 0.6) is 5.75 Å². The lowest BCUT2D eigenvalue weighted by Gasteiger charge is -2.21. The summed E-state index contributed by atoms with van der Waals surface area (Å²) in [7, 11) is 0. The Labute approximate surface area is 138 Å². The zero-order chi connectivity index (χ0) is 18.3. The first-order valence-electron chi connectivity index (χ1n) is 7.29. The number of benzene rings is 1. The van der Waals surface area contributed by atoms with E-state index in [9.17, 15) is 18.8 Å². The van der Waals surface area contributed by atoms with Crippen LogP contribution in [0.25, 0.3) is 0 Å².